The predicted molar refractivity (Wildman–Crippen MR) is 57.2 cm³/mol. The highest BCUT2D eigenvalue weighted by molar-refractivity contribution is 5.74. The van der Waals surface area contributed by atoms with Crippen molar-refractivity contribution in [3.05, 3.63) is 0 Å². The van der Waals surface area contributed by atoms with Crippen molar-refractivity contribution in [2.24, 2.45) is 0 Å². The number of rotatable bonds is 2. The van der Waals surface area contributed by atoms with Gasteiger partial charge >= 0.3 is 12.1 Å². The largest absolute Gasteiger partial charge is 0.480 e. The molecule has 0 bridgehead atoms. The lowest BCUT2D eigenvalue weighted by atomic mass is 10.2. The van der Waals surface area contributed by atoms with Crippen LogP contribution in [0.2, 0.25) is 0 Å². The van der Waals surface area contributed by atoms with Crippen LogP contribution < -0.4 is 10.6 Å². The van der Waals surface area contributed by atoms with Gasteiger partial charge in [0.1, 0.15) is 11.6 Å². The van der Waals surface area contributed by atoms with Gasteiger partial charge < -0.3 is 20.5 Å². The lowest BCUT2D eigenvalue weighted by Gasteiger charge is -2.21. The van der Waals surface area contributed by atoms with Gasteiger partial charge in [-0.15, -0.1) is 0 Å². The molecular weight excluding hydrogens is 212 g/mol. The normalized spacial score (nSPS) is 25.2. The standard InChI is InChI=1S/C10H18N2O4/c1-10(2,3)16-9(15)12-6-4-7(8(13)14)11-5-6/h6-7,11H,4-5H2,1-3H3,(H,12,15)(H,13,14)/t6-,7-/m0/s1. The van der Waals surface area contributed by atoms with Crippen LogP contribution in [0.4, 0.5) is 4.79 Å². The summed E-state index contributed by atoms with van der Waals surface area (Å²) in [6.45, 7) is 5.79. The molecule has 0 spiro atoms. The molecule has 1 rings (SSSR count). The van der Waals surface area contributed by atoms with E-state index in [1.807, 2.05) is 0 Å². The zero-order valence-electron chi connectivity index (χ0n) is 9.74. The second-order valence-electron chi connectivity index (χ2n) is 4.88. The summed E-state index contributed by atoms with van der Waals surface area (Å²) in [5.41, 5.74) is -0.539. The van der Waals surface area contributed by atoms with E-state index in [2.05, 4.69) is 10.6 Å². The summed E-state index contributed by atoms with van der Waals surface area (Å²) < 4.78 is 5.07. The molecule has 1 heterocycles. The molecule has 0 aromatic rings. The quantitative estimate of drug-likeness (QED) is 0.636. The van der Waals surface area contributed by atoms with Crippen LogP contribution in [-0.4, -0.2) is 41.4 Å². The van der Waals surface area contributed by atoms with Crippen LogP contribution >= 0.6 is 0 Å². The van der Waals surface area contributed by atoms with E-state index in [0.29, 0.717) is 13.0 Å². The van der Waals surface area contributed by atoms with Crippen molar-refractivity contribution in [1.82, 2.24) is 10.6 Å². The highest BCUT2D eigenvalue weighted by Gasteiger charge is 2.30. The Kier molecular flexibility index (Phi) is 3.74. The second-order valence-corrected chi connectivity index (χ2v) is 4.88. The van der Waals surface area contributed by atoms with E-state index in [1.165, 1.54) is 0 Å². The van der Waals surface area contributed by atoms with Gasteiger partial charge in [-0.2, -0.15) is 0 Å². The average molecular weight is 230 g/mol. The minimum Gasteiger partial charge on any atom is -0.480 e. The molecule has 0 unspecified atom stereocenters. The summed E-state index contributed by atoms with van der Waals surface area (Å²) in [6, 6.07) is -0.768. The Morgan fingerprint density at radius 3 is 2.50 bits per heavy atom. The maximum atomic E-state index is 11.4. The van der Waals surface area contributed by atoms with E-state index in [1.54, 1.807) is 20.8 Å². The predicted octanol–water partition coefficient (Wildman–Crippen LogP) is 0.326. The van der Waals surface area contributed by atoms with Crippen LogP contribution in [0.25, 0.3) is 0 Å². The maximum Gasteiger partial charge on any atom is 0.407 e. The van der Waals surface area contributed by atoms with Crippen LogP contribution in [0.1, 0.15) is 27.2 Å². The van der Waals surface area contributed by atoms with Crippen LogP contribution in [0.5, 0.6) is 0 Å². The molecule has 1 fully saturated rings. The zero-order valence-corrected chi connectivity index (χ0v) is 9.74. The van der Waals surface area contributed by atoms with Crippen molar-refractivity contribution >= 4 is 12.1 Å². The highest BCUT2D eigenvalue weighted by Crippen LogP contribution is 2.10. The maximum absolute atomic E-state index is 11.4. The SMILES string of the molecule is CC(C)(C)OC(=O)N[C@@H]1CN[C@H](C(=O)O)C1. The number of hydrogen-bond donors (Lipinski definition) is 3. The third kappa shape index (κ3) is 4.06. The van der Waals surface area contributed by atoms with E-state index in [-0.39, 0.29) is 6.04 Å². The molecule has 0 aliphatic carbocycles. The molecule has 0 saturated carbocycles. The third-order valence-corrected chi connectivity index (χ3v) is 2.15. The lowest BCUT2D eigenvalue weighted by molar-refractivity contribution is -0.139. The number of ether oxygens (including phenoxy) is 1. The van der Waals surface area contributed by atoms with Gasteiger partial charge in [0, 0.05) is 12.6 Å². The first-order valence-corrected chi connectivity index (χ1v) is 5.23. The molecule has 1 aliphatic rings. The van der Waals surface area contributed by atoms with Gasteiger partial charge in [0.25, 0.3) is 0 Å². The van der Waals surface area contributed by atoms with Gasteiger partial charge in [-0.25, -0.2) is 4.79 Å². The first-order valence-electron chi connectivity index (χ1n) is 5.23. The number of hydrogen-bond acceptors (Lipinski definition) is 4. The van der Waals surface area contributed by atoms with Gasteiger partial charge in [0.05, 0.1) is 0 Å². The van der Waals surface area contributed by atoms with E-state index in [4.69, 9.17) is 9.84 Å². The van der Waals surface area contributed by atoms with Crippen molar-refractivity contribution < 1.29 is 19.4 Å². The van der Waals surface area contributed by atoms with E-state index in [9.17, 15) is 9.59 Å². The zero-order chi connectivity index (χ0) is 12.3. The van der Waals surface area contributed by atoms with Gasteiger partial charge in [-0.1, -0.05) is 0 Å². The molecular formula is C10H18N2O4. The van der Waals surface area contributed by atoms with E-state index < -0.39 is 23.7 Å². The topological polar surface area (TPSA) is 87.7 Å². The van der Waals surface area contributed by atoms with Crippen LogP contribution in [-0.2, 0) is 9.53 Å². The smallest absolute Gasteiger partial charge is 0.407 e. The average Bonchev–Trinajstić information content (AvgIpc) is 2.48. The molecule has 16 heavy (non-hydrogen) atoms. The summed E-state index contributed by atoms with van der Waals surface area (Å²) >= 11 is 0. The molecule has 6 heteroatoms. The summed E-state index contributed by atoms with van der Waals surface area (Å²) in [5.74, 6) is -0.895. The number of carboxylic acids is 1. The lowest BCUT2D eigenvalue weighted by Crippen LogP contribution is -2.40. The number of carbonyl (C=O) groups excluding carboxylic acids is 1. The van der Waals surface area contributed by atoms with Crippen LogP contribution in [0, 0.1) is 0 Å². The number of carboxylic acid groups (broad SMARTS) is 1. The number of carbonyl (C=O) groups is 2. The van der Waals surface area contributed by atoms with Crippen LogP contribution in [0.3, 0.4) is 0 Å². The summed E-state index contributed by atoms with van der Waals surface area (Å²) in [7, 11) is 0. The number of aliphatic carboxylic acids is 1. The molecule has 1 saturated heterocycles. The van der Waals surface area contributed by atoms with E-state index in [0.717, 1.165) is 0 Å². The van der Waals surface area contributed by atoms with Crippen molar-refractivity contribution in [2.75, 3.05) is 6.54 Å². The van der Waals surface area contributed by atoms with E-state index >= 15 is 0 Å². The first kappa shape index (κ1) is 12.8. The van der Waals surface area contributed by atoms with Gasteiger partial charge in [0.15, 0.2) is 0 Å². The fraction of sp³-hybridized carbons (Fsp3) is 0.800. The van der Waals surface area contributed by atoms with Gasteiger partial charge in [0.2, 0.25) is 0 Å². The molecule has 3 N–H and O–H groups in total. The fourth-order valence-electron chi connectivity index (χ4n) is 1.51. The second kappa shape index (κ2) is 4.69. The summed E-state index contributed by atoms with van der Waals surface area (Å²) in [4.78, 5) is 22.0. The van der Waals surface area contributed by atoms with Crippen molar-refractivity contribution in [1.29, 1.82) is 0 Å². The third-order valence-electron chi connectivity index (χ3n) is 2.15. The van der Waals surface area contributed by atoms with Gasteiger partial charge in [-0.3, -0.25) is 4.79 Å². The Morgan fingerprint density at radius 2 is 2.06 bits per heavy atom. The Bertz CT molecular complexity index is 285. The minimum atomic E-state index is -0.895. The molecule has 92 valence electrons. The number of alkyl carbamates (subject to hydrolysis) is 1. The van der Waals surface area contributed by atoms with Gasteiger partial charge in [-0.05, 0) is 27.2 Å². The highest BCUT2D eigenvalue weighted by atomic mass is 16.6. The number of nitrogens with one attached hydrogen (secondary N) is 2. The molecule has 1 amide bonds. The Labute approximate surface area is 94.3 Å². The molecule has 6 nitrogen and oxygen atoms in total. The molecule has 0 aromatic carbocycles. The Balaban J connectivity index is 2.34. The summed E-state index contributed by atoms with van der Waals surface area (Å²) in [5, 5.41) is 14.2. The summed E-state index contributed by atoms with van der Waals surface area (Å²) in [6.07, 6.45) is -0.125. The first-order chi connectivity index (χ1) is 7.28. The number of amides is 1. The Hall–Kier alpha value is -1.30. The fourth-order valence-corrected chi connectivity index (χ4v) is 1.51. The van der Waals surface area contributed by atoms with Crippen molar-refractivity contribution in [3.63, 3.8) is 0 Å². The van der Waals surface area contributed by atoms with Crippen molar-refractivity contribution in [3.8, 4) is 0 Å². The Morgan fingerprint density at radius 1 is 1.44 bits per heavy atom. The minimum absolute atomic E-state index is 0.184. The molecule has 2 atom stereocenters. The van der Waals surface area contributed by atoms with Crippen LogP contribution in [0.15, 0.2) is 0 Å². The molecule has 0 radical (unpaired) electrons. The molecule has 0 aromatic heterocycles. The molecule has 1 aliphatic heterocycles. The monoisotopic (exact) mass is 230 g/mol. The van der Waals surface area contributed by atoms with Crippen molar-refractivity contribution in [2.45, 2.75) is 44.9 Å².